The van der Waals surface area contributed by atoms with Gasteiger partial charge in [-0.15, -0.1) is 0 Å². The summed E-state index contributed by atoms with van der Waals surface area (Å²) in [5.41, 5.74) is -2.15. The molecule has 8 nitrogen and oxygen atoms in total. The van der Waals surface area contributed by atoms with Crippen molar-refractivity contribution in [1.29, 1.82) is 5.26 Å². The van der Waals surface area contributed by atoms with Gasteiger partial charge in [0.1, 0.15) is 16.4 Å². The first-order valence-electron chi connectivity index (χ1n) is 8.56. The summed E-state index contributed by atoms with van der Waals surface area (Å²) < 4.78 is 62.8. The van der Waals surface area contributed by atoms with E-state index in [2.05, 4.69) is 10.2 Å². The van der Waals surface area contributed by atoms with Crippen LogP contribution in [0, 0.1) is 11.3 Å². The third-order valence-electron chi connectivity index (χ3n) is 4.62. The van der Waals surface area contributed by atoms with Gasteiger partial charge < -0.3 is 5.73 Å². The van der Waals surface area contributed by atoms with Gasteiger partial charge in [-0.25, -0.2) is 8.42 Å². The zero-order valence-corrected chi connectivity index (χ0v) is 18.3. The van der Waals surface area contributed by atoms with Crippen LogP contribution in [0.3, 0.4) is 0 Å². The number of carbonyl (C=O) groups excluding carboxylic acids is 1. The highest BCUT2D eigenvalue weighted by Gasteiger charge is 2.47. The Morgan fingerprint density at radius 3 is 2.44 bits per heavy atom. The van der Waals surface area contributed by atoms with Crippen LogP contribution in [0.25, 0.3) is 11.0 Å². The molecular formula is C18H12Cl2F3N5O3S. The maximum Gasteiger partial charge on any atom is 0.501 e. The summed E-state index contributed by atoms with van der Waals surface area (Å²) in [6.07, 6.45) is 0. The number of hydrogen-bond donors (Lipinski definition) is 1. The predicted molar refractivity (Wildman–Crippen MR) is 109 cm³/mol. The summed E-state index contributed by atoms with van der Waals surface area (Å²) in [5, 5.41) is 18.6. The zero-order valence-electron chi connectivity index (χ0n) is 16.0. The van der Waals surface area contributed by atoms with Crippen LogP contribution in [0.15, 0.2) is 35.2 Å². The number of benzene rings is 2. The Kier molecular flexibility index (Phi) is 5.88. The van der Waals surface area contributed by atoms with E-state index in [1.54, 1.807) is 0 Å². The largest absolute Gasteiger partial charge is 0.501 e. The van der Waals surface area contributed by atoms with Gasteiger partial charge in [0.2, 0.25) is 5.91 Å². The predicted octanol–water partition coefficient (Wildman–Crippen LogP) is 3.61. The number of nitrogens with zero attached hydrogens (tertiary/aromatic N) is 4. The number of nitriles is 1. The molecule has 0 radical (unpaired) electrons. The Balaban J connectivity index is 2.18. The molecule has 0 aliphatic heterocycles. The zero-order chi connectivity index (χ0) is 24.1. The van der Waals surface area contributed by atoms with E-state index in [1.807, 2.05) is 6.07 Å². The number of aromatic nitrogens is 3. The number of fused-ring (bicyclic) bond motifs is 1. The van der Waals surface area contributed by atoms with Crippen molar-refractivity contribution >= 4 is 50.0 Å². The molecule has 0 aliphatic carbocycles. The van der Waals surface area contributed by atoms with E-state index in [0.717, 1.165) is 10.9 Å². The smallest absolute Gasteiger partial charge is 0.366 e. The molecule has 3 rings (SSSR count). The third-order valence-corrected chi connectivity index (χ3v) is 6.61. The first-order chi connectivity index (χ1) is 14.7. The van der Waals surface area contributed by atoms with E-state index in [4.69, 9.17) is 28.9 Å². The van der Waals surface area contributed by atoms with Crippen LogP contribution in [0.1, 0.15) is 22.8 Å². The van der Waals surface area contributed by atoms with E-state index >= 15 is 0 Å². The fourth-order valence-corrected chi connectivity index (χ4v) is 4.33. The molecule has 14 heteroatoms. The van der Waals surface area contributed by atoms with Crippen LogP contribution in [0.2, 0.25) is 10.0 Å². The number of nitrogens with two attached hydrogens (primary N) is 1. The number of rotatable bonds is 5. The van der Waals surface area contributed by atoms with Crippen molar-refractivity contribution in [3.05, 3.63) is 51.5 Å². The SMILES string of the molecule is CC(C#N)(Cn1nc2cc(Cl)cc(Cl)c2n1)c1cc(S(=O)(=O)C(F)(F)F)ccc1C(N)=O. The Morgan fingerprint density at radius 2 is 1.88 bits per heavy atom. The van der Waals surface area contributed by atoms with Crippen LogP contribution >= 0.6 is 23.2 Å². The van der Waals surface area contributed by atoms with Crippen LogP contribution in [0.4, 0.5) is 13.2 Å². The summed E-state index contributed by atoms with van der Waals surface area (Å²) in [6.45, 7) is 0.906. The van der Waals surface area contributed by atoms with Gasteiger partial charge >= 0.3 is 5.51 Å². The highest BCUT2D eigenvalue weighted by atomic mass is 35.5. The normalized spacial score (nSPS) is 14.2. The average molecular weight is 506 g/mol. The highest BCUT2D eigenvalue weighted by Crippen LogP contribution is 2.35. The van der Waals surface area contributed by atoms with Crippen LogP contribution in [0.5, 0.6) is 0 Å². The molecule has 168 valence electrons. The molecule has 0 saturated carbocycles. The molecule has 1 atom stereocenters. The highest BCUT2D eigenvalue weighted by molar-refractivity contribution is 7.92. The topological polar surface area (TPSA) is 132 Å². The third kappa shape index (κ3) is 4.11. The quantitative estimate of drug-likeness (QED) is 0.563. The molecule has 0 fully saturated rings. The van der Waals surface area contributed by atoms with Gasteiger partial charge in [-0.2, -0.15) is 33.4 Å². The molecule has 32 heavy (non-hydrogen) atoms. The van der Waals surface area contributed by atoms with Gasteiger partial charge in [-0.05, 0) is 42.8 Å². The first-order valence-corrected chi connectivity index (χ1v) is 10.8. The lowest BCUT2D eigenvalue weighted by Crippen LogP contribution is -2.32. The first kappa shape index (κ1) is 23.8. The van der Waals surface area contributed by atoms with Gasteiger partial charge in [0.15, 0.2) is 0 Å². The van der Waals surface area contributed by atoms with Crippen molar-refractivity contribution in [1.82, 2.24) is 15.0 Å². The fraction of sp³-hybridized carbons (Fsp3) is 0.222. The molecule has 1 amide bonds. The summed E-state index contributed by atoms with van der Waals surface area (Å²) in [6, 6.07) is 6.81. The van der Waals surface area contributed by atoms with Crippen molar-refractivity contribution in [3.63, 3.8) is 0 Å². The summed E-state index contributed by atoms with van der Waals surface area (Å²) in [4.78, 5) is 11.8. The van der Waals surface area contributed by atoms with E-state index in [1.165, 1.54) is 19.1 Å². The monoisotopic (exact) mass is 505 g/mol. The van der Waals surface area contributed by atoms with E-state index in [0.29, 0.717) is 12.1 Å². The minimum atomic E-state index is -5.75. The van der Waals surface area contributed by atoms with Crippen molar-refractivity contribution in [2.45, 2.75) is 29.3 Å². The standard InChI is InChI=1S/C18H12Cl2F3N5O3S/c1-17(7-24,8-28-26-14-5-9(19)4-13(20)15(14)27-28)12-6-10(2-3-11(12)16(25)29)32(30,31)18(21,22)23/h2-6H,8H2,1H3,(H2,25,29). The molecule has 0 saturated heterocycles. The molecule has 2 N–H and O–H groups in total. The number of amides is 1. The molecule has 0 bridgehead atoms. The van der Waals surface area contributed by atoms with E-state index in [9.17, 15) is 31.6 Å². The number of primary amides is 1. The maximum absolute atomic E-state index is 13.0. The molecule has 0 aliphatic rings. The van der Waals surface area contributed by atoms with Crippen LogP contribution in [-0.4, -0.2) is 34.8 Å². The molecule has 1 heterocycles. The lowest BCUT2D eigenvalue weighted by atomic mass is 9.81. The number of carbonyl (C=O) groups is 1. The Labute approximate surface area is 189 Å². The van der Waals surface area contributed by atoms with Crippen molar-refractivity contribution in [3.8, 4) is 6.07 Å². The van der Waals surface area contributed by atoms with Crippen molar-refractivity contribution in [2.24, 2.45) is 5.73 Å². The summed E-state index contributed by atoms with van der Waals surface area (Å²) >= 11 is 12.0. The average Bonchev–Trinajstić information content (AvgIpc) is 3.08. The summed E-state index contributed by atoms with van der Waals surface area (Å²) in [7, 11) is -5.75. The fourth-order valence-electron chi connectivity index (χ4n) is 3.02. The molecule has 3 aromatic rings. The maximum atomic E-state index is 13.0. The van der Waals surface area contributed by atoms with Gasteiger partial charge in [0.25, 0.3) is 9.84 Å². The van der Waals surface area contributed by atoms with Crippen LogP contribution in [-0.2, 0) is 21.8 Å². The van der Waals surface area contributed by atoms with Gasteiger partial charge in [0.05, 0.1) is 22.5 Å². The molecule has 1 unspecified atom stereocenters. The minimum absolute atomic E-state index is 0.175. The Bertz CT molecular complexity index is 1400. The minimum Gasteiger partial charge on any atom is -0.366 e. The second kappa shape index (κ2) is 7.91. The lowest BCUT2D eigenvalue weighted by Gasteiger charge is -2.24. The van der Waals surface area contributed by atoms with Gasteiger partial charge in [-0.1, -0.05) is 23.2 Å². The Morgan fingerprint density at radius 1 is 1.22 bits per heavy atom. The number of alkyl halides is 3. The molecule has 0 spiro atoms. The van der Waals surface area contributed by atoms with E-state index in [-0.39, 0.29) is 38.8 Å². The van der Waals surface area contributed by atoms with Gasteiger partial charge in [0, 0.05) is 10.6 Å². The van der Waals surface area contributed by atoms with Crippen LogP contribution < -0.4 is 5.73 Å². The lowest BCUT2D eigenvalue weighted by molar-refractivity contribution is -0.0436. The number of sulfone groups is 1. The van der Waals surface area contributed by atoms with Crippen molar-refractivity contribution in [2.75, 3.05) is 0 Å². The molecule has 1 aromatic heterocycles. The molecular weight excluding hydrogens is 494 g/mol. The second-order valence-electron chi connectivity index (χ2n) is 6.95. The Hall–Kier alpha value is -2.88. The van der Waals surface area contributed by atoms with E-state index < -0.39 is 31.6 Å². The molecule has 2 aromatic carbocycles. The van der Waals surface area contributed by atoms with Crippen molar-refractivity contribution < 1.29 is 26.4 Å². The number of halogens is 5. The summed E-state index contributed by atoms with van der Waals surface area (Å²) in [5.74, 6) is -1.06. The van der Waals surface area contributed by atoms with Gasteiger partial charge in [-0.3, -0.25) is 4.79 Å². The number of hydrogen-bond acceptors (Lipinski definition) is 6. The second-order valence-corrected chi connectivity index (χ2v) is 9.74.